The second-order valence-corrected chi connectivity index (χ2v) is 5.36. The van der Waals surface area contributed by atoms with Crippen LogP contribution in [0.3, 0.4) is 0 Å². The summed E-state index contributed by atoms with van der Waals surface area (Å²) in [6.07, 6.45) is -4.52. The van der Waals surface area contributed by atoms with Crippen LogP contribution in [0.15, 0.2) is 16.6 Å². The van der Waals surface area contributed by atoms with Crippen LogP contribution in [-0.2, 0) is 16.4 Å². The molecule has 4 nitrogen and oxygen atoms in total. The van der Waals surface area contributed by atoms with Crippen molar-refractivity contribution in [3.8, 4) is 0 Å². The monoisotopic (exact) mass is 316 g/mol. The lowest BCUT2D eigenvalue weighted by Crippen LogP contribution is -2.12. The lowest BCUT2D eigenvalue weighted by atomic mass is 10.2. The highest BCUT2D eigenvalue weighted by Crippen LogP contribution is 2.42. The minimum absolute atomic E-state index is 0.0332. The van der Waals surface area contributed by atoms with Gasteiger partial charge in [0.25, 0.3) is 0 Å². The smallest absolute Gasteiger partial charge is 0.265 e. The molecular formula is C7H4BrF3N2O2S. The summed E-state index contributed by atoms with van der Waals surface area (Å²) in [5.41, 5.74) is -0.973. The van der Waals surface area contributed by atoms with Gasteiger partial charge in [-0.15, -0.1) is 0 Å². The van der Waals surface area contributed by atoms with Crippen LogP contribution in [0, 0.1) is 0 Å². The third-order valence-corrected chi connectivity index (χ3v) is 3.49. The number of anilines is 2. The number of rotatable bonds is 0. The van der Waals surface area contributed by atoms with E-state index in [1.165, 1.54) is 0 Å². The Kier molecular flexibility index (Phi) is 2.35. The molecule has 88 valence electrons. The van der Waals surface area contributed by atoms with Gasteiger partial charge in [0, 0.05) is 4.47 Å². The molecule has 1 aromatic rings. The van der Waals surface area contributed by atoms with Crippen molar-refractivity contribution in [2.75, 3.05) is 9.44 Å². The molecule has 0 saturated carbocycles. The summed E-state index contributed by atoms with van der Waals surface area (Å²) in [5, 5.41) is 0. The second-order valence-electron chi connectivity index (χ2n) is 3.09. The molecule has 9 heteroatoms. The molecular weight excluding hydrogens is 313 g/mol. The van der Waals surface area contributed by atoms with Crippen LogP contribution in [0.1, 0.15) is 5.56 Å². The molecule has 0 radical (unpaired) electrons. The van der Waals surface area contributed by atoms with Crippen LogP contribution in [0.2, 0.25) is 0 Å². The third-order valence-electron chi connectivity index (χ3n) is 1.90. The van der Waals surface area contributed by atoms with Gasteiger partial charge in [-0.05, 0) is 28.1 Å². The van der Waals surface area contributed by atoms with Crippen LogP contribution in [0.5, 0.6) is 0 Å². The maximum absolute atomic E-state index is 12.4. The van der Waals surface area contributed by atoms with Gasteiger partial charge in [-0.3, -0.25) is 9.44 Å². The van der Waals surface area contributed by atoms with Gasteiger partial charge in [-0.2, -0.15) is 21.6 Å². The summed E-state index contributed by atoms with van der Waals surface area (Å²) < 4.78 is 63.4. The number of fused-ring (bicyclic) bond motifs is 1. The number of alkyl halides is 3. The molecule has 0 spiro atoms. The Hall–Kier alpha value is -0.960. The van der Waals surface area contributed by atoms with Crippen molar-refractivity contribution in [1.29, 1.82) is 0 Å². The molecule has 2 rings (SSSR count). The number of nitrogens with one attached hydrogen (secondary N) is 2. The molecule has 0 aromatic heterocycles. The molecule has 0 fully saturated rings. The summed E-state index contributed by atoms with van der Waals surface area (Å²) in [6.45, 7) is 0. The molecule has 0 unspecified atom stereocenters. The quantitative estimate of drug-likeness (QED) is 0.772. The normalized spacial score (nSPS) is 17.5. The lowest BCUT2D eigenvalue weighted by Gasteiger charge is -2.09. The fourth-order valence-electron chi connectivity index (χ4n) is 1.26. The van der Waals surface area contributed by atoms with Crippen LogP contribution in [0.25, 0.3) is 0 Å². The van der Waals surface area contributed by atoms with Crippen molar-refractivity contribution in [2.24, 2.45) is 0 Å². The second kappa shape index (κ2) is 3.27. The van der Waals surface area contributed by atoms with E-state index in [0.717, 1.165) is 12.1 Å². The van der Waals surface area contributed by atoms with Gasteiger partial charge in [0.15, 0.2) is 0 Å². The lowest BCUT2D eigenvalue weighted by molar-refractivity contribution is -0.137. The van der Waals surface area contributed by atoms with Crippen molar-refractivity contribution in [2.45, 2.75) is 6.18 Å². The average molecular weight is 317 g/mol. The fraction of sp³-hybridized carbons (Fsp3) is 0.143. The predicted octanol–water partition coefficient (Wildman–Crippen LogP) is 2.55. The van der Waals surface area contributed by atoms with Crippen LogP contribution < -0.4 is 9.44 Å². The molecule has 0 amide bonds. The highest BCUT2D eigenvalue weighted by atomic mass is 79.9. The molecule has 1 heterocycles. The first-order valence-electron chi connectivity index (χ1n) is 3.90. The molecule has 0 atom stereocenters. The zero-order valence-corrected chi connectivity index (χ0v) is 9.79. The molecule has 2 N–H and O–H groups in total. The van der Waals surface area contributed by atoms with Crippen molar-refractivity contribution < 1.29 is 21.6 Å². The number of benzene rings is 1. The maximum Gasteiger partial charge on any atom is 0.416 e. The van der Waals surface area contributed by atoms with E-state index in [1.807, 2.05) is 4.72 Å². The minimum Gasteiger partial charge on any atom is -0.265 e. The molecule has 16 heavy (non-hydrogen) atoms. The van der Waals surface area contributed by atoms with E-state index in [0.29, 0.717) is 0 Å². The van der Waals surface area contributed by atoms with Gasteiger partial charge < -0.3 is 0 Å². The first kappa shape index (κ1) is 11.5. The highest BCUT2D eigenvalue weighted by molar-refractivity contribution is 9.10. The number of halogens is 4. The standard InChI is InChI=1S/C7H4BrF3N2O2S/c8-4-1-3(7(9,10)11)2-5-6(4)13-16(14,15)12-5/h1-2,12-13H. The van der Waals surface area contributed by atoms with Gasteiger partial charge in [-0.1, -0.05) is 0 Å². The van der Waals surface area contributed by atoms with E-state index in [2.05, 4.69) is 20.7 Å². The summed E-state index contributed by atoms with van der Waals surface area (Å²) >= 11 is 2.88. The van der Waals surface area contributed by atoms with E-state index in [9.17, 15) is 21.6 Å². The van der Waals surface area contributed by atoms with Gasteiger partial charge in [0.1, 0.15) is 0 Å². The molecule has 0 bridgehead atoms. The predicted molar refractivity (Wildman–Crippen MR) is 55.3 cm³/mol. The van der Waals surface area contributed by atoms with E-state index in [-0.39, 0.29) is 15.8 Å². The van der Waals surface area contributed by atoms with Crippen molar-refractivity contribution in [3.63, 3.8) is 0 Å². The van der Waals surface area contributed by atoms with Gasteiger partial charge in [0.2, 0.25) is 0 Å². The van der Waals surface area contributed by atoms with Gasteiger partial charge >= 0.3 is 16.4 Å². The van der Waals surface area contributed by atoms with Crippen LogP contribution in [0.4, 0.5) is 24.5 Å². The van der Waals surface area contributed by atoms with Crippen molar-refractivity contribution in [3.05, 3.63) is 22.2 Å². The van der Waals surface area contributed by atoms with E-state index in [1.54, 1.807) is 0 Å². The minimum atomic E-state index is -4.52. The molecule has 0 aliphatic carbocycles. The fourth-order valence-corrected chi connectivity index (χ4v) is 2.94. The maximum atomic E-state index is 12.4. The SMILES string of the molecule is O=S1(=O)Nc2cc(C(F)(F)F)cc(Br)c2N1. The van der Waals surface area contributed by atoms with Gasteiger partial charge in [-0.25, -0.2) is 0 Å². The Balaban J connectivity index is 2.59. The zero-order valence-electron chi connectivity index (χ0n) is 7.39. The average Bonchev–Trinajstić information content (AvgIpc) is 2.38. The van der Waals surface area contributed by atoms with Gasteiger partial charge in [0.05, 0.1) is 16.9 Å². The van der Waals surface area contributed by atoms with E-state index >= 15 is 0 Å². The first-order valence-corrected chi connectivity index (χ1v) is 6.18. The van der Waals surface area contributed by atoms with Crippen molar-refractivity contribution >= 4 is 37.5 Å². The number of hydrogen-bond acceptors (Lipinski definition) is 2. The third kappa shape index (κ3) is 1.96. The summed E-state index contributed by atoms with van der Waals surface area (Å²) in [4.78, 5) is 0. The Bertz CT molecular complexity index is 555. The topological polar surface area (TPSA) is 58.2 Å². The van der Waals surface area contributed by atoms with E-state index < -0.39 is 21.9 Å². The zero-order chi connectivity index (χ0) is 12.1. The molecule has 1 aromatic carbocycles. The summed E-state index contributed by atoms with van der Waals surface area (Å²) in [7, 11) is -3.79. The van der Waals surface area contributed by atoms with E-state index in [4.69, 9.17) is 0 Å². The van der Waals surface area contributed by atoms with Crippen molar-refractivity contribution in [1.82, 2.24) is 0 Å². The van der Waals surface area contributed by atoms with Crippen LogP contribution in [-0.4, -0.2) is 8.42 Å². The van der Waals surface area contributed by atoms with Crippen LogP contribution >= 0.6 is 15.9 Å². The molecule has 0 saturated heterocycles. The molecule has 1 aliphatic heterocycles. The largest absolute Gasteiger partial charge is 0.416 e. The summed E-state index contributed by atoms with van der Waals surface area (Å²) in [5.74, 6) is 0. The number of hydrogen-bond donors (Lipinski definition) is 2. The first-order chi connectivity index (χ1) is 7.19. The molecule has 1 aliphatic rings. The Morgan fingerprint density at radius 3 is 2.38 bits per heavy atom. The Labute approximate surface area is 97.2 Å². The Morgan fingerprint density at radius 2 is 1.81 bits per heavy atom. The Morgan fingerprint density at radius 1 is 1.19 bits per heavy atom. The highest BCUT2D eigenvalue weighted by Gasteiger charge is 2.34. The summed E-state index contributed by atoms with van der Waals surface area (Å²) in [6, 6.07) is 1.55.